The van der Waals surface area contributed by atoms with Gasteiger partial charge in [-0.1, -0.05) is 0 Å². The van der Waals surface area contributed by atoms with E-state index >= 15 is 0 Å². The highest BCUT2D eigenvalue weighted by molar-refractivity contribution is 14.1. The maximum absolute atomic E-state index is 12.6. The predicted molar refractivity (Wildman–Crippen MR) is 137 cm³/mol. The molecular weight excluding hydrogens is 751 g/mol. The van der Waals surface area contributed by atoms with Gasteiger partial charge in [0.15, 0.2) is 5.78 Å². The number of ketones is 1. The molecule has 2 unspecified atom stereocenters. The number of halogens is 3. The van der Waals surface area contributed by atoms with E-state index in [1.54, 1.807) is 0 Å². The number of aliphatic hydroxyl groups excluding tert-OH is 4. The minimum atomic E-state index is -1.18. The number of rotatable bonds is 11. The summed E-state index contributed by atoms with van der Waals surface area (Å²) < 4.78 is 1.79. The molecule has 0 aliphatic rings. The van der Waals surface area contributed by atoms with Gasteiger partial charge in [0.05, 0.1) is 44.8 Å². The summed E-state index contributed by atoms with van der Waals surface area (Å²) in [5.41, 5.74) is 1.48. The number of nitrogens with zero attached hydrogens (tertiary/aromatic N) is 1. The molecular formula is C18H24I3N3O7. The molecule has 13 heteroatoms. The molecule has 0 aromatic heterocycles. The molecule has 0 heterocycles. The van der Waals surface area contributed by atoms with E-state index in [1.165, 1.54) is 6.92 Å². The molecule has 174 valence electrons. The van der Waals surface area contributed by atoms with Crippen molar-refractivity contribution in [2.75, 3.05) is 26.3 Å². The van der Waals surface area contributed by atoms with Crippen LogP contribution in [0.15, 0.2) is 0 Å². The van der Waals surface area contributed by atoms with Crippen molar-refractivity contribution in [2.45, 2.75) is 32.0 Å². The van der Waals surface area contributed by atoms with Gasteiger partial charge in [-0.25, -0.2) is 5.84 Å². The van der Waals surface area contributed by atoms with Crippen molar-refractivity contribution >= 4 is 85.4 Å². The standard InChI is InChI=1S/C18H24I3N3O7/c1-8(27)15-17(20)11(2-13(30)23-4-9(28)6-25)16(19)12(18(15)21)3-14(31)24(22)5-10(29)7-26/h9-10,25-26,28-29H,2-7,22H2,1H3,(H,23,30). The average molecular weight is 775 g/mol. The predicted octanol–water partition coefficient (Wildman–Crippen LogP) is -0.687. The highest BCUT2D eigenvalue weighted by Gasteiger charge is 2.26. The lowest BCUT2D eigenvalue weighted by molar-refractivity contribution is -0.132. The Kier molecular flexibility index (Phi) is 12.6. The molecule has 0 spiro atoms. The van der Waals surface area contributed by atoms with Crippen LogP contribution in [-0.4, -0.2) is 81.5 Å². The van der Waals surface area contributed by atoms with E-state index < -0.39 is 37.2 Å². The second kappa shape index (κ2) is 13.5. The second-order valence-corrected chi connectivity index (χ2v) is 9.94. The van der Waals surface area contributed by atoms with Crippen LogP contribution in [0, 0.1) is 10.7 Å². The third-order valence-electron chi connectivity index (χ3n) is 4.20. The van der Waals surface area contributed by atoms with Gasteiger partial charge >= 0.3 is 0 Å². The summed E-state index contributed by atoms with van der Waals surface area (Å²) in [6.07, 6.45) is -2.52. The monoisotopic (exact) mass is 775 g/mol. The number of hydrogen-bond donors (Lipinski definition) is 6. The number of hydrogen-bond acceptors (Lipinski definition) is 8. The van der Waals surface area contributed by atoms with Gasteiger partial charge in [0.1, 0.15) is 0 Å². The summed E-state index contributed by atoms with van der Waals surface area (Å²) in [7, 11) is 0. The minimum Gasteiger partial charge on any atom is -0.394 e. The van der Waals surface area contributed by atoms with Crippen molar-refractivity contribution in [3.05, 3.63) is 27.4 Å². The molecule has 7 N–H and O–H groups in total. The molecule has 0 radical (unpaired) electrons. The highest BCUT2D eigenvalue weighted by Crippen LogP contribution is 2.33. The summed E-state index contributed by atoms with van der Waals surface area (Å²) >= 11 is 5.99. The van der Waals surface area contributed by atoms with E-state index in [9.17, 15) is 24.6 Å². The summed E-state index contributed by atoms with van der Waals surface area (Å²) in [6, 6.07) is 0. The Bertz CT molecular complexity index is 838. The zero-order valence-corrected chi connectivity index (χ0v) is 23.0. The molecule has 2 amide bonds. The van der Waals surface area contributed by atoms with Crippen molar-refractivity contribution in [1.82, 2.24) is 10.3 Å². The molecule has 1 aromatic rings. The molecule has 0 bridgehead atoms. The Morgan fingerprint density at radius 3 is 1.97 bits per heavy atom. The lowest BCUT2D eigenvalue weighted by Gasteiger charge is -2.22. The number of benzene rings is 1. The smallest absolute Gasteiger partial charge is 0.241 e. The first-order chi connectivity index (χ1) is 14.4. The molecule has 0 saturated carbocycles. The Labute approximate surface area is 220 Å². The fraction of sp³-hybridized carbons (Fsp3) is 0.500. The van der Waals surface area contributed by atoms with Gasteiger partial charge in [0, 0.05) is 22.8 Å². The van der Waals surface area contributed by atoms with E-state index in [1.807, 2.05) is 67.8 Å². The van der Waals surface area contributed by atoms with Crippen LogP contribution in [0.2, 0.25) is 0 Å². The Morgan fingerprint density at radius 1 is 0.968 bits per heavy atom. The van der Waals surface area contributed by atoms with Gasteiger partial charge < -0.3 is 25.7 Å². The van der Waals surface area contributed by atoms with Crippen molar-refractivity contribution in [1.29, 1.82) is 0 Å². The quantitative estimate of drug-likeness (QED) is 0.0564. The molecule has 0 saturated heterocycles. The number of Topliss-reactive ketones (excluding diaryl/α,β-unsaturated/α-hetero) is 1. The van der Waals surface area contributed by atoms with Crippen molar-refractivity contribution in [3.8, 4) is 0 Å². The van der Waals surface area contributed by atoms with Gasteiger partial charge in [-0.2, -0.15) is 0 Å². The van der Waals surface area contributed by atoms with Crippen LogP contribution in [0.1, 0.15) is 28.4 Å². The molecule has 10 nitrogen and oxygen atoms in total. The van der Waals surface area contributed by atoms with E-state index in [0.29, 0.717) is 27.4 Å². The normalized spacial score (nSPS) is 12.9. The molecule has 31 heavy (non-hydrogen) atoms. The SMILES string of the molecule is CC(=O)c1c(I)c(CC(=O)NCC(O)CO)c(I)c(CC(=O)N(N)CC(O)CO)c1I. The third-order valence-corrected chi connectivity index (χ3v) is 7.88. The summed E-state index contributed by atoms with van der Waals surface area (Å²) in [5, 5.41) is 40.0. The van der Waals surface area contributed by atoms with E-state index in [4.69, 9.17) is 16.1 Å². The van der Waals surface area contributed by atoms with Crippen LogP contribution < -0.4 is 11.2 Å². The van der Waals surface area contributed by atoms with Crippen LogP contribution in [0.4, 0.5) is 0 Å². The molecule has 0 aliphatic heterocycles. The average Bonchev–Trinajstić information content (AvgIpc) is 2.71. The fourth-order valence-corrected chi connectivity index (χ4v) is 7.24. The van der Waals surface area contributed by atoms with Crippen molar-refractivity contribution in [3.63, 3.8) is 0 Å². The van der Waals surface area contributed by atoms with E-state index in [-0.39, 0.29) is 31.7 Å². The van der Waals surface area contributed by atoms with Crippen molar-refractivity contribution in [2.24, 2.45) is 5.84 Å². The first-order valence-electron chi connectivity index (χ1n) is 9.03. The molecule has 1 rings (SSSR count). The zero-order chi connectivity index (χ0) is 23.9. The Balaban J connectivity index is 3.29. The molecule has 2 atom stereocenters. The third kappa shape index (κ3) is 8.27. The first-order valence-corrected chi connectivity index (χ1v) is 12.3. The number of aliphatic hydroxyl groups is 4. The zero-order valence-electron chi connectivity index (χ0n) is 16.6. The van der Waals surface area contributed by atoms with Gasteiger partial charge in [0.25, 0.3) is 0 Å². The Morgan fingerprint density at radius 2 is 1.48 bits per heavy atom. The number of nitrogens with one attached hydrogen (secondary N) is 1. The van der Waals surface area contributed by atoms with E-state index in [2.05, 4.69) is 5.32 Å². The molecule has 0 fully saturated rings. The summed E-state index contributed by atoms with van der Waals surface area (Å²) in [4.78, 5) is 37.2. The van der Waals surface area contributed by atoms with Gasteiger partial charge in [-0.05, 0) is 85.8 Å². The molecule has 1 aromatic carbocycles. The fourth-order valence-electron chi connectivity index (χ4n) is 2.55. The van der Waals surface area contributed by atoms with Gasteiger partial charge in [0.2, 0.25) is 11.8 Å². The van der Waals surface area contributed by atoms with Crippen LogP contribution in [0.25, 0.3) is 0 Å². The van der Waals surface area contributed by atoms with Crippen LogP contribution >= 0.6 is 67.8 Å². The maximum atomic E-state index is 12.6. The van der Waals surface area contributed by atoms with Crippen LogP contribution in [0.3, 0.4) is 0 Å². The van der Waals surface area contributed by atoms with Crippen molar-refractivity contribution < 1.29 is 34.8 Å². The maximum Gasteiger partial charge on any atom is 0.241 e. The number of hydrazine groups is 1. The summed E-state index contributed by atoms with van der Waals surface area (Å²) in [6.45, 7) is -0.00707. The highest BCUT2D eigenvalue weighted by atomic mass is 127. The lowest BCUT2D eigenvalue weighted by Crippen LogP contribution is -2.44. The van der Waals surface area contributed by atoms with Gasteiger partial charge in [-0.15, -0.1) is 0 Å². The van der Waals surface area contributed by atoms with Crippen LogP contribution in [-0.2, 0) is 22.4 Å². The van der Waals surface area contributed by atoms with E-state index in [0.717, 1.165) is 5.01 Å². The number of nitrogens with two attached hydrogens (primary N) is 1. The topological polar surface area (TPSA) is 173 Å². The minimum absolute atomic E-state index is 0.0946. The number of carbonyl (C=O) groups is 3. The number of carbonyl (C=O) groups excluding carboxylic acids is 3. The summed E-state index contributed by atoms with van der Waals surface area (Å²) in [5.74, 6) is 4.53. The largest absolute Gasteiger partial charge is 0.394 e. The lowest BCUT2D eigenvalue weighted by atomic mass is 9.99. The Hall–Kier alpha value is -0.180. The number of amides is 2. The second-order valence-electron chi connectivity index (χ2n) is 6.71. The van der Waals surface area contributed by atoms with Gasteiger partial charge in [-0.3, -0.25) is 19.4 Å². The first kappa shape index (κ1) is 28.9. The molecule has 0 aliphatic carbocycles. The van der Waals surface area contributed by atoms with Crippen LogP contribution in [0.5, 0.6) is 0 Å².